The molecule has 0 saturated carbocycles. The van der Waals surface area contributed by atoms with Gasteiger partial charge in [-0.3, -0.25) is 0 Å². The first-order chi connectivity index (χ1) is 9.06. The molecule has 0 aromatic heterocycles. The summed E-state index contributed by atoms with van der Waals surface area (Å²) in [5.41, 5.74) is 5.48. The second-order valence-corrected chi connectivity index (χ2v) is 11.2. The van der Waals surface area contributed by atoms with Crippen molar-refractivity contribution in [3.8, 4) is 0 Å². The van der Waals surface area contributed by atoms with Gasteiger partial charge in [-0.2, -0.15) is 0 Å². The number of hydrogen-bond acceptors (Lipinski definition) is 1. The van der Waals surface area contributed by atoms with E-state index in [9.17, 15) is 0 Å². The molecule has 0 unspecified atom stereocenters. The predicted molar refractivity (Wildman–Crippen MR) is 83.7 cm³/mol. The van der Waals surface area contributed by atoms with E-state index in [0.29, 0.717) is 0 Å². The summed E-state index contributed by atoms with van der Waals surface area (Å²) in [6.45, 7) is 8.77. The van der Waals surface area contributed by atoms with Crippen LogP contribution in [0, 0.1) is 27.7 Å². The minimum atomic E-state index is -1.88. The molecule has 0 spiro atoms. The zero-order valence-corrected chi connectivity index (χ0v) is 16.1. The van der Waals surface area contributed by atoms with Gasteiger partial charge in [-0.05, 0) is 0 Å². The molecule has 3 heteroatoms. The molecule has 1 nitrogen and oxygen atoms in total. The number of aryl methyl sites for hydroxylation is 2. The molecule has 0 bridgehead atoms. The van der Waals surface area contributed by atoms with E-state index in [-0.39, 0.29) is 0 Å². The molecular formula is C16H18Ge2O. The third kappa shape index (κ3) is 2.98. The van der Waals surface area contributed by atoms with Gasteiger partial charge in [0.1, 0.15) is 0 Å². The topological polar surface area (TPSA) is 9.23 Å². The van der Waals surface area contributed by atoms with Crippen LogP contribution in [0.2, 0.25) is 0 Å². The summed E-state index contributed by atoms with van der Waals surface area (Å²) in [6.07, 6.45) is 0. The predicted octanol–water partition coefficient (Wildman–Crippen LogP) is 2.13. The van der Waals surface area contributed by atoms with Gasteiger partial charge in [0.15, 0.2) is 0 Å². The fourth-order valence-corrected chi connectivity index (χ4v) is 9.01. The second-order valence-electron chi connectivity index (χ2n) is 4.93. The summed E-state index contributed by atoms with van der Waals surface area (Å²) in [4.78, 5) is 0. The van der Waals surface area contributed by atoms with Crippen molar-refractivity contribution in [1.82, 2.24) is 0 Å². The Kier molecular flexibility index (Phi) is 4.93. The Morgan fingerprint density at radius 1 is 0.789 bits per heavy atom. The first-order valence-corrected chi connectivity index (χ1v) is 10.2. The molecule has 2 aromatic carbocycles. The van der Waals surface area contributed by atoms with E-state index in [2.05, 4.69) is 64.1 Å². The van der Waals surface area contributed by atoms with Crippen molar-refractivity contribution in [1.29, 1.82) is 0 Å². The monoisotopic (exact) mass is 374 g/mol. The summed E-state index contributed by atoms with van der Waals surface area (Å²) in [5.74, 6) is 0. The quantitative estimate of drug-likeness (QED) is 0.751. The first kappa shape index (κ1) is 14.9. The molecular weight excluding hydrogens is 353 g/mol. The molecule has 2 aromatic rings. The first-order valence-electron chi connectivity index (χ1n) is 6.40. The summed E-state index contributed by atoms with van der Waals surface area (Å²) in [7, 11) is 0. The maximum absolute atomic E-state index is 5.96. The third-order valence-corrected chi connectivity index (χ3v) is 10.8. The summed E-state index contributed by atoms with van der Waals surface area (Å²) in [6, 6.07) is 13.1. The molecule has 0 aliphatic carbocycles. The fraction of sp³-hybridized carbons (Fsp3) is 0.250. The molecule has 96 valence electrons. The van der Waals surface area contributed by atoms with Gasteiger partial charge >= 0.3 is 129 Å². The zero-order valence-electron chi connectivity index (χ0n) is 11.9. The molecule has 4 radical (unpaired) electrons. The van der Waals surface area contributed by atoms with Crippen LogP contribution < -0.4 is 8.79 Å². The molecule has 0 atom stereocenters. The van der Waals surface area contributed by atoms with Gasteiger partial charge in [-0.1, -0.05) is 0 Å². The average molecular weight is 372 g/mol. The molecule has 0 saturated heterocycles. The average Bonchev–Trinajstić information content (AvgIpc) is 2.40. The van der Waals surface area contributed by atoms with Crippen LogP contribution in [0.15, 0.2) is 36.4 Å². The molecule has 0 heterocycles. The molecule has 0 amide bonds. The molecule has 0 N–H and O–H groups in total. The molecule has 19 heavy (non-hydrogen) atoms. The van der Waals surface area contributed by atoms with Gasteiger partial charge in [0.2, 0.25) is 0 Å². The third-order valence-electron chi connectivity index (χ3n) is 3.80. The van der Waals surface area contributed by atoms with Crippen LogP contribution >= 0.6 is 0 Å². The van der Waals surface area contributed by atoms with Crippen LogP contribution in [0.25, 0.3) is 0 Å². The van der Waals surface area contributed by atoms with E-state index in [1.54, 1.807) is 0 Å². The summed E-state index contributed by atoms with van der Waals surface area (Å²) < 4.78 is 8.81. The van der Waals surface area contributed by atoms with Gasteiger partial charge < -0.3 is 0 Å². The Balaban J connectivity index is 2.57. The van der Waals surface area contributed by atoms with Crippen molar-refractivity contribution in [3.05, 3.63) is 58.7 Å². The molecule has 0 aliphatic heterocycles. The van der Waals surface area contributed by atoms with Crippen molar-refractivity contribution in [2.45, 2.75) is 27.7 Å². The Hall–Kier alpha value is -0.514. The van der Waals surface area contributed by atoms with Crippen LogP contribution in [-0.4, -0.2) is 31.5 Å². The van der Waals surface area contributed by atoms with Crippen LogP contribution in [0.1, 0.15) is 22.3 Å². The molecule has 0 aliphatic rings. The van der Waals surface area contributed by atoms with E-state index in [0.717, 1.165) is 0 Å². The normalized spacial score (nSPS) is 11.1. The van der Waals surface area contributed by atoms with Gasteiger partial charge in [-0.25, -0.2) is 0 Å². The standard InChI is InChI=1S/C16H18Ge2O/c1-11-7-5-9-15(13(11)3)18(19-17)16-10-6-8-12(2)14(16)4/h5-10H,1-4H3. The van der Waals surface area contributed by atoms with E-state index in [4.69, 9.17) is 2.79 Å². The van der Waals surface area contributed by atoms with Crippen molar-refractivity contribution >= 4 is 40.3 Å². The molecule has 0 fully saturated rings. The Morgan fingerprint density at radius 3 is 1.58 bits per heavy atom. The van der Waals surface area contributed by atoms with Crippen molar-refractivity contribution in [2.24, 2.45) is 0 Å². The van der Waals surface area contributed by atoms with Crippen molar-refractivity contribution < 1.29 is 2.79 Å². The zero-order chi connectivity index (χ0) is 14.0. The summed E-state index contributed by atoms with van der Waals surface area (Å²) in [5, 5.41) is 0. The van der Waals surface area contributed by atoms with Crippen LogP contribution in [0.4, 0.5) is 0 Å². The number of hydrogen-bond donors (Lipinski definition) is 0. The Bertz CT molecular complexity index is 542. The van der Waals surface area contributed by atoms with E-state index in [1.165, 1.54) is 31.0 Å². The number of rotatable bonds is 3. The van der Waals surface area contributed by atoms with E-state index < -0.39 is 14.7 Å². The number of benzene rings is 2. The van der Waals surface area contributed by atoms with Gasteiger partial charge in [-0.15, -0.1) is 0 Å². The fourth-order valence-electron chi connectivity index (χ4n) is 2.25. The van der Waals surface area contributed by atoms with E-state index in [1.807, 2.05) is 16.9 Å². The maximum atomic E-state index is 5.96. The second kappa shape index (κ2) is 6.29. The van der Waals surface area contributed by atoms with Crippen LogP contribution in [0.3, 0.4) is 0 Å². The van der Waals surface area contributed by atoms with Crippen molar-refractivity contribution in [3.63, 3.8) is 0 Å². The Morgan fingerprint density at radius 2 is 1.21 bits per heavy atom. The molecule has 2 rings (SSSR count). The van der Waals surface area contributed by atoms with Gasteiger partial charge in [0.25, 0.3) is 0 Å². The minimum absolute atomic E-state index is 1.35. The van der Waals surface area contributed by atoms with Gasteiger partial charge in [0, 0.05) is 0 Å². The van der Waals surface area contributed by atoms with Gasteiger partial charge in [0.05, 0.1) is 0 Å². The Labute approximate surface area is 129 Å². The van der Waals surface area contributed by atoms with Crippen LogP contribution in [0.5, 0.6) is 0 Å². The van der Waals surface area contributed by atoms with Crippen molar-refractivity contribution in [2.75, 3.05) is 0 Å². The van der Waals surface area contributed by atoms with Crippen LogP contribution in [-0.2, 0) is 2.79 Å². The van der Waals surface area contributed by atoms with E-state index >= 15 is 0 Å². The summed E-state index contributed by atoms with van der Waals surface area (Å²) >= 11 is -0.0200. The SMILES string of the molecule is Cc1ccc[c]([Ge]([O][Ge])[c]2cccc(C)c2C)c1C.